The first-order valence-corrected chi connectivity index (χ1v) is 7.03. The van der Waals surface area contributed by atoms with Crippen molar-refractivity contribution in [3.05, 3.63) is 29.8 Å². The zero-order chi connectivity index (χ0) is 15.7. The van der Waals surface area contributed by atoms with E-state index in [-0.39, 0.29) is 5.91 Å². The summed E-state index contributed by atoms with van der Waals surface area (Å²) in [7, 11) is 0. The average molecular weight is 290 g/mol. The molecule has 5 heteroatoms. The Bertz CT molecular complexity index is 495. The first kappa shape index (κ1) is 17.2. The van der Waals surface area contributed by atoms with Crippen LogP contribution >= 0.6 is 0 Å². The Hall–Kier alpha value is -1.90. The van der Waals surface area contributed by atoms with Gasteiger partial charge in [0.1, 0.15) is 6.10 Å². The van der Waals surface area contributed by atoms with E-state index >= 15 is 0 Å². The number of hydrogen-bond donors (Lipinski definition) is 1. The quantitative estimate of drug-likeness (QED) is 0.747. The highest BCUT2D eigenvalue weighted by Crippen LogP contribution is 2.10. The van der Waals surface area contributed by atoms with Crippen molar-refractivity contribution in [2.24, 2.45) is 5.92 Å². The minimum absolute atomic E-state index is 0.242. The molecule has 0 bridgehead atoms. The minimum Gasteiger partial charge on any atom is -0.379 e. The molecule has 1 unspecified atom stereocenters. The van der Waals surface area contributed by atoms with Gasteiger partial charge in [0.2, 0.25) is 0 Å². The number of ether oxygens (including phenoxy) is 2. The van der Waals surface area contributed by atoms with Crippen molar-refractivity contribution in [3.8, 4) is 6.07 Å². The van der Waals surface area contributed by atoms with Crippen LogP contribution in [-0.2, 0) is 14.3 Å². The maximum absolute atomic E-state index is 11.9. The van der Waals surface area contributed by atoms with Crippen LogP contribution in [0.15, 0.2) is 24.3 Å². The van der Waals surface area contributed by atoms with Gasteiger partial charge in [0, 0.05) is 12.3 Å². The summed E-state index contributed by atoms with van der Waals surface area (Å²) in [6.45, 7) is 7.37. The van der Waals surface area contributed by atoms with Gasteiger partial charge >= 0.3 is 0 Å². The molecule has 0 saturated heterocycles. The number of carbonyl (C=O) groups excluding carboxylic acids is 1. The highest BCUT2D eigenvalue weighted by Gasteiger charge is 2.13. The molecule has 1 aromatic rings. The van der Waals surface area contributed by atoms with Crippen molar-refractivity contribution in [2.45, 2.75) is 26.9 Å². The smallest absolute Gasteiger partial charge is 0.253 e. The number of hydrogen-bond acceptors (Lipinski definition) is 4. The Balaban J connectivity index is 2.32. The Kier molecular flexibility index (Phi) is 7.44. The molecule has 0 heterocycles. The van der Waals surface area contributed by atoms with Crippen LogP contribution in [0.1, 0.15) is 26.3 Å². The van der Waals surface area contributed by atoms with Crippen LogP contribution in [-0.4, -0.2) is 31.8 Å². The largest absolute Gasteiger partial charge is 0.379 e. The van der Waals surface area contributed by atoms with E-state index in [0.29, 0.717) is 37.0 Å². The van der Waals surface area contributed by atoms with Crippen molar-refractivity contribution in [2.75, 3.05) is 25.1 Å². The third-order valence-corrected chi connectivity index (χ3v) is 2.68. The van der Waals surface area contributed by atoms with Crippen LogP contribution in [0.2, 0.25) is 0 Å². The topological polar surface area (TPSA) is 71.3 Å². The van der Waals surface area contributed by atoms with E-state index in [1.165, 1.54) is 0 Å². The molecule has 0 spiro atoms. The van der Waals surface area contributed by atoms with Gasteiger partial charge in [-0.1, -0.05) is 19.9 Å². The summed E-state index contributed by atoms with van der Waals surface area (Å²) in [4.78, 5) is 11.9. The lowest BCUT2D eigenvalue weighted by molar-refractivity contribution is -0.127. The van der Waals surface area contributed by atoms with Crippen LogP contribution in [0.3, 0.4) is 0 Å². The summed E-state index contributed by atoms with van der Waals surface area (Å²) in [6.07, 6.45) is -0.571. The lowest BCUT2D eigenvalue weighted by atomic mass is 10.2. The molecule has 0 aliphatic heterocycles. The number of benzene rings is 1. The fourth-order valence-corrected chi connectivity index (χ4v) is 1.59. The van der Waals surface area contributed by atoms with Crippen molar-refractivity contribution in [1.82, 2.24) is 0 Å². The first-order chi connectivity index (χ1) is 10.0. The Morgan fingerprint density at radius 3 is 2.76 bits per heavy atom. The number of amides is 1. The Labute approximate surface area is 125 Å². The first-order valence-electron chi connectivity index (χ1n) is 7.03. The zero-order valence-electron chi connectivity index (χ0n) is 12.8. The lowest BCUT2D eigenvalue weighted by Crippen LogP contribution is -2.29. The third-order valence-electron chi connectivity index (χ3n) is 2.68. The second kappa shape index (κ2) is 9.11. The molecule has 114 valence electrons. The molecule has 1 N–H and O–H groups in total. The van der Waals surface area contributed by atoms with Crippen molar-refractivity contribution in [3.63, 3.8) is 0 Å². The van der Waals surface area contributed by atoms with Gasteiger partial charge in [-0.15, -0.1) is 0 Å². The fourth-order valence-electron chi connectivity index (χ4n) is 1.59. The van der Waals surface area contributed by atoms with Gasteiger partial charge in [-0.3, -0.25) is 4.79 Å². The summed E-state index contributed by atoms with van der Waals surface area (Å²) in [5.74, 6) is 0.243. The van der Waals surface area contributed by atoms with E-state index in [1.54, 1.807) is 31.2 Å². The van der Waals surface area contributed by atoms with Crippen LogP contribution < -0.4 is 5.32 Å². The van der Waals surface area contributed by atoms with Crippen molar-refractivity contribution < 1.29 is 14.3 Å². The van der Waals surface area contributed by atoms with Crippen molar-refractivity contribution >= 4 is 11.6 Å². The number of nitriles is 1. The molecule has 0 aliphatic rings. The number of rotatable bonds is 8. The maximum atomic E-state index is 11.9. The van der Waals surface area contributed by atoms with Gasteiger partial charge in [0.25, 0.3) is 5.91 Å². The molecule has 0 saturated carbocycles. The van der Waals surface area contributed by atoms with Crippen LogP contribution in [0.5, 0.6) is 0 Å². The molecular weight excluding hydrogens is 268 g/mol. The molecular formula is C16H22N2O3. The van der Waals surface area contributed by atoms with E-state index in [1.807, 2.05) is 6.07 Å². The predicted molar refractivity (Wildman–Crippen MR) is 80.9 cm³/mol. The molecule has 5 nitrogen and oxygen atoms in total. The van der Waals surface area contributed by atoms with Gasteiger partial charge in [-0.25, -0.2) is 0 Å². The average Bonchev–Trinajstić information content (AvgIpc) is 2.46. The summed E-state index contributed by atoms with van der Waals surface area (Å²) in [6, 6.07) is 8.79. The lowest BCUT2D eigenvalue weighted by Gasteiger charge is -2.14. The fraction of sp³-hybridized carbons (Fsp3) is 0.500. The minimum atomic E-state index is -0.571. The summed E-state index contributed by atoms with van der Waals surface area (Å²) >= 11 is 0. The molecule has 21 heavy (non-hydrogen) atoms. The zero-order valence-corrected chi connectivity index (χ0v) is 12.8. The van der Waals surface area contributed by atoms with Gasteiger partial charge in [-0.2, -0.15) is 5.26 Å². The Morgan fingerprint density at radius 2 is 2.10 bits per heavy atom. The van der Waals surface area contributed by atoms with Gasteiger partial charge in [-0.05, 0) is 31.0 Å². The van der Waals surface area contributed by atoms with Crippen LogP contribution in [0.4, 0.5) is 5.69 Å². The van der Waals surface area contributed by atoms with Crippen LogP contribution in [0, 0.1) is 17.2 Å². The molecule has 0 fully saturated rings. The van der Waals surface area contributed by atoms with Gasteiger partial charge < -0.3 is 14.8 Å². The van der Waals surface area contributed by atoms with E-state index in [9.17, 15) is 4.79 Å². The number of nitrogens with zero attached hydrogens (tertiary/aromatic N) is 1. The SMILES string of the molecule is CC(C)COCCOC(C)C(=O)Nc1cccc(C#N)c1. The van der Waals surface area contributed by atoms with E-state index < -0.39 is 6.10 Å². The highest BCUT2D eigenvalue weighted by molar-refractivity contribution is 5.94. The van der Waals surface area contributed by atoms with Gasteiger partial charge in [0.05, 0.1) is 24.8 Å². The molecule has 1 amide bonds. The summed E-state index contributed by atoms with van der Waals surface area (Å²) in [5, 5.41) is 11.5. The number of carbonyl (C=O) groups is 1. The number of anilines is 1. The molecule has 1 atom stereocenters. The van der Waals surface area contributed by atoms with E-state index in [4.69, 9.17) is 14.7 Å². The number of nitrogens with one attached hydrogen (secondary N) is 1. The molecule has 1 aromatic carbocycles. The molecule has 0 aromatic heterocycles. The maximum Gasteiger partial charge on any atom is 0.253 e. The van der Waals surface area contributed by atoms with Crippen molar-refractivity contribution in [1.29, 1.82) is 5.26 Å². The predicted octanol–water partition coefficient (Wildman–Crippen LogP) is 2.57. The van der Waals surface area contributed by atoms with Crippen LogP contribution in [0.25, 0.3) is 0 Å². The summed E-state index contributed by atoms with van der Waals surface area (Å²) in [5.41, 5.74) is 1.09. The Morgan fingerprint density at radius 1 is 1.33 bits per heavy atom. The molecule has 1 rings (SSSR count). The highest BCUT2D eigenvalue weighted by atomic mass is 16.5. The normalized spacial score (nSPS) is 12.0. The van der Waals surface area contributed by atoms with Gasteiger partial charge in [0.15, 0.2) is 0 Å². The van der Waals surface area contributed by atoms with E-state index in [2.05, 4.69) is 19.2 Å². The molecule has 0 aliphatic carbocycles. The monoisotopic (exact) mass is 290 g/mol. The molecule has 0 radical (unpaired) electrons. The third kappa shape index (κ3) is 6.89. The summed E-state index contributed by atoms with van der Waals surface area (Å²) < 4.78 is 10.8. The second-order valence-corrected chi connectivity index (χ2v) is 5.16. The second-order valence-electron chi connectivity index (χ2n) is 5.16. The standard InChI is InChI=1S/C16H22N2O3/c1-12(2)11-20-7-8-21-13(3)16(19)18-15-6-4-5-14(9-15)10-17/h4-6,9,12-13H,7-8,11H2,1-3H3,(H,18,19). The van der Waals surface area contributed by atoms with E-state index in [0.717, 1.165) is 0 Å².